The monoisotopic (exact) mass is 339 g/mol. The number of hydrogen-bond acceptors (Lipinski definition) is 4. The molecule has 0 amide bonds. The minimum atomic E-state index is -0.946. The van der Waals surface area contributed by atoms with Crippen molar-refractivity contribution in [3.05, 3.63) is 0 Å². The second kappa shape index (κ2) is 18.2. The summed E-state index contributed by atoms with van der Waals surface area (Å²) in [5, 5.41) is 8.51. The Labute approximate surface area is 163 Å². The van der Waals surface area contributed by atoms with Crippen molar-refractivity contribution in [2.45, 2.75) is 90.0 Å². The summed E-state index contributed by atoms with van der Waals surface area (Å²) in [6.07, 6.45) is 12.3. The topological polar surface area (TPSA) is 89.6 Å². The zero-order valence-corrected chi connectivity index (χ0v) is 14.0. The van der Waals surface area contributed by atoms with Gasteiger partial charge < -0.3 is 15.6 Å². The summed E-state index contributed by atoms with van der Waals surface area (Å²) in [6.45, 7) is 2.61. The molecular weight excluding hydrogens is 305 g/mol. The SMILES string of the molecule is CCCCCCCCCCCCOC(=O)[C@@H](N)CCC(=O)O.[NaH]. The predicted molar refractivity (Wildman–Crippen MR) is 94.8 cm³/mol. The Hall–Kier alpha value is -0.100. The molecule has 1 atom stereocenters. The van der Waals surface area contributed by atoms with Gasteiger partial charge in [-0.05, 0) is 12.8 Å². The summed E-state index contributed by atoms with van der Waals surface area (Å²) in [6, 6.07) is -0.820. The minimum absolute atomic E-state index is 0. The van der Waals surface area contributed by atoms with Gasteiger partial charge in [0.2, 0.25) is 0 Å². The summed E-state index contributed by atoms with van der Waals surface area (Å²) in [7, 11) is 0. The number of aliphatic carboxylic acids is 1. The van der Waals surface area contributed by atoms with E-state index >= 15 is 0 Å². The van der Waals surface area contributed by atoms with E-state index in [1.807, 2.05) is 0 Å². The van der Waals surface area contributed by atoms with Gasteiger partial charge in [-0.1, -0.05) is 64.7 Å². The van der Waals surface area contributed by atoms with E-state index in [0.717, 1.165) is 12.8 Å². The van der Waals surface area contributed by atoms with Crippen LogP contribution in [0.2, 0.25) is 0 Å². The Bertz CT molecular complexity index is 300. The molecule has 0 saturated carbocycles. The van der Waals surface area contributed by atoms with E-state index in [2.05, 4.69) is 6.92 Å². The first kappa shape index (κ1) is 25.1. The van der Waals surface area contributed by atoms with Crippen molar-refractivity contribution in [2.24, 2.45) is 5.73 Å². The second-order valence-electron chi connectivity index (χ2n) is 5.89. The van der Waals surface area contributed by atoms with Crippen LogP contribution in [0.4, 0.5) is 0 Å². The number of carboxylic acids is 1. The molecule has 0 aromatic rings. The molecule has 0 spiro atoms. The zero-order chi connectivity index (χ0) is 16.6. The van der Waals surface area contributed by atoms with Crippen LogP contribution in [0.1, 0.15) is 84.0 Å². The molecule has 5 nitrogen and oxygen atoms in total. The van der Waals surface area contributed by atoms with Gasteiger partial charge >= 0.3 is 41.5 Å². The third-order valence-corrected chi connectivity index (χ3v) is 3.71. The maximum atomic E-state index is 11.5. The quantitative estimate of drug-likeness (QED) is 0.272. The summed E-state index contributed by atoms with van der Waals surface area (Å²) in [5.74, 6) is -1.44. The van der Waals surface area contributed by atoms with Crippen molar-refractivity contribution in [2.75, 3.05) is 6.61 Å². The van der Waals surface area contributed by atoms with E-state index in [9.17, 15) is 9.59 Å². The number of hydrogen-bond donors (Lipinski definition) is 2. The average Bonchev–Trinajstić information content (AvgIpc) is 2.49. The van der Waals surface area contributed by atoms with Gasteiger partial charge in [-0.15, -0.1) is 0 Å². The molecule has 0 bridgehead atoms. The average molecular weight is 339 g/mol. The van der Waals surface area contributed by atoms with Crippen molar-refractivity contribution in [3.8, 4) is 0 Å². The molecular formula is C17H34NNaO4. The van der Waals surface area contributed by atoms with Gasteiger partial charge in [-0.25, -0.2) is 0 Å². The van der Waals surface area contributed by atoms with Crippen molar-refractivity contribution in [1.82, 2.24) is 0 Å². The van der Waals surface area contributed by atoms with Gasteiger partial charge in [0.25, 0.3) is 0 Å². The van der Waals surface area contributed by atoms with Crippen LogP contribution in [0, 0.1) is 0 Å². The Balaban J connectivity index is 0. The predicted octanol–water partition coefficient (Wildman–Crippen LogP) is 2.99. The van der Waals surface area contributed by atoms with Crippen LogP contribution < -0.4 is 5.73 Å². The van der Waals surface area contributed by atoms with Gasteiger partial charge in [0.05, 0.1) is 6.61 Å². The molecule has 132 valence electrons. The Kier molecular flexibility index (Phi) is 19.9. The molecule has 0 radical (unpaired) electrons. The fourth-order valence-corrected chi connectivity index (χ4v) is 2.27. The van der Waals surface area contributed by atoms with Crippen LogP contribution >= 0.6 is 0 Å². The molecule has 3 N–H and O–H groups in total. The van der Waals surface area contributed by atoms with Crippen LogP contribution in [0.25, 0.3) is 0 Å². The molecule has 0 saturated heterocycles. The standard InChI is InChI=1S/C17H33NO4.Na.H/c1-2-3-4-5-6-7-8-9-10-11-14-22-17(21)15(18)12-13-16(19)20;;/h15H,2-14,18H2,1H3,(H,19,20);;/t15-;;/m0../s1. The van der Waals surface area contributed by atoms with Crippen LogP contribution in [0.3, 0.4) is 0 Å². The number of unbranched alkanes of at least 4 members (excludes halogenated alkanes) is 9. The number of carboxylic acid groups (broad SMARTS) is 1. The summed E-state index contributed by atoms with van der Waals surface area (Å²) >= 11 is 0. The van der Waals surface area contributed by atoms with Crippen LogP contribution in [0.5, 0.6) is 0 Å². The first-order valence-corrected chi connectivity index (χ1v) is 8.72. The second-order valence-corrected chi connectivity index (χ2v) is 5.89. The van der Waals surface area contributed by atoms with Gasteiger partial charge in [-0.3, -0.25) is 9.59 Å². The molecule has 0 heterocycles. The van der Waals surface area contributed by atoms with E-state index in [-0.39, 0.29) is 42.4 Å². The van der Waals surface area contributed by atoms with Crippen molar-refractivity contribution in [1.29, 1.82) is 0 Å². The van der Waals surface area contributed by atoms with Gasteiger partial charge in [-0.2, -0.15) is 0 Å². The molecule has 0 unspecified atom stereocenters. The molecule has 6 heteroatoms. The fraction of sp³-hybridized carbons (Fsp3) is 0.882. The van der Waals surface area contributed by atoms with E-state index in [4.69, 9.17) is 15.6 Å². The van der Waals surface area contributed by atoms with Crippen LogP contribution in [-0.2, 0) is 14.3 Å². The molecule has 0 rings (SSSR count). The van der Waals surface area contributed by atoms with Gasteiger partial charge in [0, 0.05) is 6.42 Å². The van der Waals surface area contributed by atoms with Crippen molar-refractivity contribution in [3.63, 3.8) is 0 Å². The molecule has 0 aromatic carbocycles. The summed E-state index contributed by atoms with van der Waals surface area (Å²) < 4.78 is 5.05. The van der Waals surface area contributed by atoms with E-state index < -0.39 is 18.0 Å². The molecule has 0 fully saturated rings. The molecule has 0 aliphatic rings. The first-order chi connectivity index (χ1) is 10.6. The third kappa shape index (κ3) is 18.1. The summed E-state index contributed by atoms with van der Waals surface area (Å²) in [5.41, 5.74) is 5.56. The van der Waals surface area contributed by atoms with Gasteiger partial charge in [0.15, 0.2) is 0 Å². The van der Waals surface area contributed by atoms with Crippen LogP contribution in [0.15, 0.2) is 0 Å². The first-order valence-electron chi connectivity index (χ1n) is 8.72. The van der Waals surface area contributed by atoms with E-state index in [0.29, 0.717) is 6.61 Å². The number of nitrogens with two attached hydrogens (primary N) is 1. The fourth-order valence-electron chi connectivity index (χ4n) is 2.27. The normalized spacial score (nSPS) is 11.6. The maximum absolute atomic E-state index is 11.5. The molecule has 0 aliphatic heterocycles. The number of rotatable bonds is 15. The number of carbonyl (C=O) groups is 2. The summed E-state index contributed by atoms with van der Waals surface area (Å²) in [4.78, 5) is 21.9. The van der Waals surface area contributed by atoms with Crippen LogP contribution in [-0.4, -0.2) is 59.3 Å². The molecule has 23 heavy (non-hydrogen) atoms. The Morgan fingerprint density at radius 1 is 0.957 bits per heavy atom. The molecule has 0 aliphatic carbocycles. The van der Waals surface area contributed by atoms with Crippen molar-refractivity contribution >= 4 is 41.5 Å². The van der Waals surface area contributed by atoms with Gasteiger partial charge in [0.1, 0.15) is 6.04 Å². The Morgan fingerprint density at radius 2 is 1.43 bits per heavy atom. The third-order valence-electron chi connectivity index (χ3n) is 3.71. The zero-order valence-electron chi connectivity index (χ0n) is 14.0. The Morgan fingerprint density at radius 3 is 1.91 bits per heavy atom. The number of carbonyl (C=O) groups excluding carboxylic acids is 1. The van der Waals surface area contributed by atoms with Crippen molar-refractivity contribution < 1.29 is 19.4 Å². The van der Waals surface area contributed by atoms with E-state index in [1.165, 1.54) is 51.4 Å². The number of esters is 1. The van der Waals surface area contributed by atoms with E-state index in [1.54, 1.807) is 0 Å². The number of ether oxygens (including phenoxy) is 1. The molecule has 0 aromatic heterocycles.